The number of rotatable bonds is 7. The summed E-state index contributed by atoms with van der Waals surface area (Å²) >= 11 is 0. The van der Waals surface area contributed by atoms with E-state index in [4.69, 9.17) is 4.74 Å². The van der Waals surface area contributed by atoms with Crippen LogP contribution in [0.4, 0.5) is 0 Å². The van der Waals surface area contributed by atoms with E-state index in [1.54, 1.807) is 30.3 Å². The minimum absolute atomic E-state index is 0.158. The van der Waals surface area contributed by atoms with E-state index in [9.17, 15) is 9.90 Å². The molecule has 2 heterocycles. The minimum Gasteiger partial charge on any atom is -0.504 e. The number of benzene rings is 1. The van der Waals surface area contributed by atoms with E-state index in [2.05, 4.69) is 23.0 Å². The lowest BCUT2D eigenvalue weighted by atomic mass is 10.00. The summed E-state index contributed by atoms with van der Waals surface area (Å²) in [6, 6.07) is 5.46. The van der Waals surface area contributed by atoms with E-state index in [0.29, 0.717) is 6.54 Å². The molecule has 0 aliphatic carbocycles. The Balaban J connectivity index is 2.08. The number of aromatic amines is 1. The van der Waals surface area contributed by atoms with Gasteiger partial charge in [-0.15, -0.1) is 0 Å². The quantitative estimate of drug-likeness (QED) is 0.601. The number of nitrogens with one attached hydrogen (secondary N) is 1. The SMILES string of the molecule is C/C=C(\C)c1c[nH]c2ncc(-c3cc(OC)c(O)c(C(=O)N(C)CCN(C)C)c3)cc12. The first-order valence-corrected chi connectivity index (χ1v) is 10.2. The molecule has 164 valence electrons. The molecule has 0 fully saturated rings. The number of phenolic OH excluding ortho intramolecular Hbond substituents is 1. The average molecular weight is 423 g/mol. The van der Waals surface area contributed by atoms with Crippen molar-refractivity contribution in [3.8, 4) is 22.6 Å². The van der Waals surface area contributed by atoms with Gasteiger partial charge in [-0.25, -0.2) is 4.98 Å². The third-order valence-corrected chi connectivity index (χ3v) is 5.48. The largest absolute Gasteiger partial charge is 0.504 e. The summed E-state index contributed by atoms with van der Waals surface area (Å²) in [6.45, 7) is 5.32. The molecular weight excluding hydrogens is 392 g/mol. The maximum Gasteiger partial charge on any atom is 0.257 e. The second kappa shape index (κ2) is 9.22. The lowest BCUT2D eigenvalue weighted by molar-refractivity contribution is 0.0782. The number of carbonyl (C=O) groups is 1. The van der Waals surface area contributed by atoms with Crippen LogP contribution in [0.2, 0.25) is 0 Å². The third kappa shape index (κ3) is 4.56. The highest BCUT2D eigenvalue weighted by atomic mass is 16.5. The van der Waals surface area contributed by atoms with Gasteiger partial charge in [0.2, 0.25) is 0 Å². The van der Waals surface area contributed by atoms with Crippen LogP contribution in [0.15, 0.2) is 36.7 Å². The van der Waals surface area contributed by atoms with Crippen molar-refractivity contribution < 1.29 is 14.6 Å². The van der Waals surface area contributed by atoms with Crippen LogP contribution in [0, 0.1) is 0 Å². The molecule has 31 heavy (non-hydrogen) atoms. The number of amides is 1. The number of hydrogen-bond acceptors (Lipinski definition) is 5. The summed E-state index contributed by atoms with van der Waals surface area (Å²) in [4.78, 5) is 24.4. The van der Waals surface area contributed by atoms with Gasteiger partial charge in [0.1, 0.15) is 5.65 Å². The Morgan fingerprint density at radius 1 is 1.16 bits per heavy atom. The second-order valence-corrected chi connectivity index (χ2v) is 7.90. The molecule has 2 aromatic heterocycles. The molecule has 0 saturated carbocycles. The monoisotopic (exact) mass is 422 g/mol. The van der Waals surface area contributed by atoms with Gasteiger partial charge in [-0.3, -0.25) is 4.79 Å². The second-order valence-electron chi connectivity index (χ2n) is 7.90. The van der Waals surface area contributed by atoms with Crippen LogP contribution in [0.5, 0.6) is 11.5 Å². The summed E-state index contributed by atoms with van der Waals surface area (Å²) in [5, 5.41) is 11.6. The zero-order valence-corrected chi connectivity index (χ0v) is 19.0. The topological polar surface area (TPSA) is 81.7 Å². The van der Waals surface area contributed by atoms with Gasteiger partial charge in [0, 0.05) is 49.0 Å². The molecule has 0 aliphatic heterocycles. The van der Waals surface area contributed by atoms with Gasteiger partial charge in [0.25, 0.3) is 5.91 Å². The van der Waals surface area contributed by atoms with Crippen molar-refractivity contribution in [1.82, 2.24) is 19.8 Å². The van der Waals surface area contributed by atoms with Crippen molar-refractivity contribution in [1.29, 1.82) is 0 Å². The van der Waals surface area contributed by atoms with E-state index in [1.807, 2.05) is 38.2 Å². The lowest BCUT2D eigenvalue weighted by Crippen LogP contribution is -2.33. The highest BCUT2D eigenvalue weighted by molar-refractivity contribution is 5.99. The first-order chi connectivity index (χ1) is 14.8. The lowest BCUT2D eigenvalue weighted by Gasteiger charge is -2.21. The van der Waals surface area contributed by atoms with Gasteiger partial charge in [-0.1, -0.05) is 6.08 Å². The standard InChI is InChI=1S/C24H30N4O3/c1-7-15(2)20-14-26-23-18(20)11-17(13-25-23)16-10-19(22(29)21(12-16)31-6)24(30)28(5)9-8-27(3)4/h7,10-14,29H,8-9H2,1-6H3,(H,25,26)/b15-7+. The third-order valence-electron chi connectivity index (χ3n) is 5.48. The molecule has 3 rings (SSSR count). The number of likely N-dealkylation sites (N-methyl/N-ethyl adjacent to an activating group) is 2. The first-order valence-electron chi connectivity index (χ1n) is 10.2. The van der Waals surface area contributed by atoms with Crippen LogP contribution >= 0.6 is 0 Å². The van der Waals surface area contributed by atoms with Crippen LogP contribution in [-0.4, -0.2) is 72.1 Å². The predicted molar refractivity (Wildman–Crippen MR) is 125 cm³/mol. The van der Waals surface area contributed by atoms with Crippen LogP contribution in [0.25, 0.3) is 27.7 Å². The highest BCUT2D eigenvalue weighted by Gasteiger charge is 2.21. The maximum absolute atomic E-state index is 13.0. The van der Waals surface area contributed by atoms with Gasteiger partial charge in [-0.2, -0.15) is 0 Å². The number of aromatic hydroxyl groups is 1. The van der Waals surface area contributed by atoms with Gasteiger partial charge in [0.05, 0.1) is 12.7 Å². The molecule has 7 nitrogen and oxygen atoms in total. The molecule has 0 spiro atoms. The Labute approximate surface area is 183 Å². The van der Waals surface area contributed by atoms with Crippen LogP contribution in [0.1, 0.15) is 29.8 Å². The Hall–Kier alpha value is -3.32. The number of phenols is 1. The fourth-order valence-corrected chi connectivity index (χ4v) is 3.39. The molecule has 0 atom stereocenters. The van der Waals surface area contributed by atoms with Crippen molar-refractivity contribution in [2.45, 2.75) is 13.8 Å². The number of pyridine rings is 1. The molecule has 0 bridgehead atoms. The zero-order valence-electron chi connectivity index (χ0n) is 19.0. The smallest absolute Gasteiger partial charge is 0.257 e. The normalized spacial score (nSPS) is 11.9. The van der Waals surface area contributed by atoms with Crippen LogP contribution in [0.3, 0.4) is 0 Å². The molecule has 3 aromatic rings. The van der Waals surface area contributed by atoms with Crippen molar-refractivity contribution in [2.24, 2.45) is 0 Å². The number of H-pyrrole nitrogens is 1. The molecule has 0 unspecified atom stereocenters. The van der Waals surface area contributed by atoms with Crippen LogP contribution in [-0.2, 0) is 0 Å². The number of ether oxygens (including phenoxy) is 1. The molecule has 1 aromatic carbocycles. The average Bonchev–Trinajstić information content (AvgIpc) is 3.19. The Morgan fingerprint density at radius 3 is 2.55 bits per heavy atom. The van der Waals surface area contributed by atoms with Crippen molar-refractivity contribution in [3.05, 3.63) is 47.8 Å². The Bertz CT molecular complexity index is 1130. The van der Waals surface area contributed by atoms with Gasteiger partial charge >= 0.3 is 0 Å². The molecule has 0 radical (unpaired) electrons. The fourth-order valence-electron chi connectivity index (χ4n) is 3.39. The molecule has 2 N–H and O–H groups in total. The number of carbonyl (C=O) groups excluding carboxylic acids is 1. The number of aromatic nitrogens is 2. The van der Waals surface area contributed by atoms with E-state index >= 15 is 0 Å². The Morgan fingerprint density at radius 2 is 1.90 bits per heavy atom. The summed E-state index contributed by atoms with van der Waals surface area (Å²) < 4.78 is 5.36. The van der Waals surface area contributed by atoms with Gasteiger partial charge in [-0.05, 0) is 57.3 Å². The summed E-state index contributed by atoms with van der Waals surface area (Å²) in [5.74, 6) is -0.171. The van der Waals surface area contributed by atoms with Gasteiger partial charge < -0.3 is 24.6 Å². The molecule has 7 heteroatoms. The minimum atomic E-state index is -0.263. The summed E-state index contributed by atoms with van der Waals surface area (Å²) in [7, 11) is 7.11. The van der Waals surface area contributed by atoms with Gasteiger partial charge in [0.15, 0.2) is 11.5 Å². The molecule has 0 saturated heterocycles. The van der Waals surface area contributed by atoms with Crippen molar-refractivity contribution in [3.63, 3.8) is 0 Å². The molecular formula is C24H30N4O3. The van der Waals surface area contributed by atoms with Crippen molar-refractivity contribution in [2.75, 3.05) is 41.3 Å². The Kier molecular flexibility index (Phi) is 6.65. The number of hydrogen-bond donors (Lipinski definition) is 2. The number of nitrogens with zero attached hydrogens (tertiary/aromatic N) is 3. The van der Waals surface area contributed by atoms with Crippen LogP contribution < -0.4 is 4.74 Å². The first kappa shape index (κ1) is 22.4. The van der Waals surface area contributed by atoms with E-state index in [-0.39, 0.29) is 23.0 Å². The van der Waals surface area contributed by atoms with E-state index < -0.39 is 0 Å². The number of methoxy groups -OCH3 is 1. The summed E-state index contributed by atoms with van der Waals surface area (Å²) in [6.07, 6.45) is 5.76. The van der Waals surface area contributed by atoms with E-state index in [1.165, 1.54) is 7.11 Å². The summed E-state index contributed by atoms with van der Waals surface area (Å²) in [5.41, 5.74) is 4.81. The highest BCUT2D eigenvalue weighted by Crippen LogP contribution is 2.37. The fraction of sp³-hybridized carbons (Fsp3) is 0.333. The number of fused-ring (bicyclic) bond motifs is 1. The predicted octanol–water partition coefficient (Wildman–Crippen LogP) is 4.00. The molecule has 1 amide bonds. The van der Waals surface area contributed by atoms with E-state index in [0.717, 1.165) is 39.8 Å². The van der Waals surface area contributed by atoms with Crippen molar-refractivity contribution >= 4 is 22.5 Å². The maximum atomic E-state index is 13.0. The zero-order chi connectivity index (χ0) is 22.7. The molecule has 0 aliphatic rings. The number of allylic oxidation sites excluding steroid dienone is 2.